The van der Waals surface area contributed by atoms with E-state index in [1.165, 1.54) is 41.1 Å². The van der Waals surface area contributed by atoms with Crippen LogP contribution in [-0.4, -0.2) is 0 Å². The van der Waals surface area contributed by atoms with Gasteiger partial charge in [0.15, 0.2) is 0 Å². The lowest BCUT2D eigenvalue weighted by Crippen LogP contribution is -2.13. The fraction of sp³-hybridized carbons (Fsp3) is 0.412. The van der Waals surface area contributed by atoms with Crippen molar-refractivity contribution in [1.29, 1.82) is 0 Å². The third-order valence-corrected chi connectivity index (χ3v) is 5.93. The van der Waals surface area contributed by atoms with Crippen molar-refractivity contribution in [1.82, 2.24) is 0 Å². The van der Waals surface area contributed by atoms with Gasteiger partial charge in [0.2, 0.25) is 0 Å². The number of hydrogen-bond donors (Lipinski definition) is 0. The van der Waals surface area contributed by atoms with Gasteiger partial charge in [-0.05, 0) is 49.4 Å². The van der Waals surface area contributed by atoms with E-state index in [0.717, 1.165) is 0 Å². The van der Waals surface area contributed by atoms with Gasteiger partial charge in [-0.15, -0.1) is 22.7 Å². The van der Waals surface area contributed by atoms with Gasteiger partial charge < -0.3 is 0 Å². The number of aryl methyl sites for hydroxylation is 3. The van der Waals surface area contributed by atoms with Gasteiger partial charge in [0, 0.05) is 29.9 Å². The van der Waals surface area contributed by atoms with Gasteiger partial charge >= 0.3 is 0 Å². The first-order chi connectivity index (χ1) is 8.79. The molecule has 0 atom stereocenters. The molecule has 0 aliphatic heterocycles. The number of benzene rings is 1. The van der Waals surface area contributed by atoms with Crippen LogP contribution in [0.5, 0.6) is 0 Å². The molecule has 0 bridgehead atoms. The third-order valence-electron chi connectivity index (χ3n) is 3.69. The third kappa shape index (κ3) is 1.93. The Labute approximate surface area is 123 Å². The van der Waals surface area contributed by atoms with Crippen LogP contribution in [0.2, 0.25) is 0 Å². The summed E-state index contributed by atoms with van der Waals surface area (Å²) in [6.45, 7) is 13.7. The van der Waals surface area contributed by atoms with Crippen LogP contribution in [0, 0.1) is 20.8 Å². The van der Waals surface area contributed by atoms with Crippen molar-refractivity contribution in [2.24, 2.45) is 0 Å². The second-order valence-corrected chi connectivity index (χ2v) is 8.96. The predicted octanol–water partition coefficient (Wildman–Crippen LogP) is 6.34. The molecule has 2 heterocycles. The fourth-order valence-corrected chi connectivity index (χ4v) is 5.45. The van der Waals surface area contributed by atoms with Crippen molar-refractivity contribution < 1.29 is 0 Å². The zero-order chi connectivity index (χ0) is 13.9. The molecular weight excluding hydrogens is 268 g/mol. The maximum atomic E-state index is 2.36. The van der Waals surface area contributed by atoms with E-state index in [4.69, 9.17) is 0 Å². The summed E-state index contributed by atoms with van der Waals surface area (Å²) in [5.74, 6) is 0. The van der Waals surface area contributed by atoms with Gasteiger partial charge in [0.1, 0.15) is 0 Å². The molecule has 0 fully saturated rings. The van der Waals surface area contributed by atoms with Gasteiger partial charge in [-0.1, -0.05) is 20.8 Å². The molecule has 19 heavy (non-hydrogen) atoms. The molecule has 0 radical (unpaired) electrons. The van der Waals surface area contributed by atoms with Gasteiger partial charge in [0.25, 0.3) is 0 Å². The Balaban J connectivity index is 2.61. The minimum Gasteiger partial charge on any atom is -0.140 e. The molecule has 0 aliphatic carbocycles. The summed E-state index contributed by atoms with van der Waals surface area (Å²) in [7, 11) is 0. The Bertz CT molecular complexity index is 779. The summed E-state index contributed by atoms with van der Waals surface area (Å²) in [4.78, 5) is 2.82. The lowest BCUT2D eigenvalue weighted by atomic mass is 9.83. The molecule has 0 unspecified atom stereocenters. The maximum Gasteiger partial charge on any atom is 0.0392 e. The molecule has 0 nitrogen and oxygen atoms in total. The smallest absolute Gasteiger partial charge is 0.0392 e. The number of fused-ring (bicyclic) bond motifs is 3. The molecule has 0 saturated carbocycles. The summed E-state index contributed by atoms with van der Waals surface area (Å²) in [6, 6.07) is 4.72. The van der Waals surface area contributed by atoms with Crippen LogP contribution in [0.15, 0.2) is 12.1 Å². The highest BCUT2D eigenvalue weighted by Crippen LogP contribution is 2.44. The summed E-state index contributed by atoms with van der Waals surface area (Å²) in [5.41, 5.74) is 3.22. The SMILES string of the molecule is Cc1cc2c(s1)c(C)c(C(C)(C)C)c1sc(C)cc12. The van der Waals surface area contributed by atoms with Crippen molar-refractivity contribution in [3.05, 3.63) is 33.0 Å². The highest BCUT2D eigenvalue weighted by Gasteiger charge is 2.24. The number of thiophene rings is 2. The maximum absolute atomic E-state index is 2.36. The minimum absolute atomic E-state index is 0.200. The minimum atomic E-state index is 0.200. The average Bonchev–Trinajstić information content (AvgIpc) is 2.79. The zero-order valence-electron chi connectivity index (χ0n) is 12.5. The van der Waals surface area contributed by atoms with E-state index in [9.17, 15) is 0 Å². The zero-order valence-corrected chi connectivity index (χ0v) is 14.1. The summed E-state index contributed by atoms with van der Waals surface area (Å²) < 4.78 is 2.97. The van der Waals surface area contributed by atoms with Gasteiger partial charge in [-0.2, -0.15) is 0 Å². The first-order valence-corrected chi connectivity index (χ1v) is 8.35. The second kappa shape index (κ2) is 4.07. The average molecular weight is 288 g/mol. The Morgan fingerprint density at radius 1 is 0.789 bits per heavy atom. The van der Waals surface area contributed by atoms with Crippen molar-refractivity contribution in [3.63, 3.8) is 0 Å². The molecular formula is C17H20S2. The summed E-state index contributed by atoms with van der Waals surface area (Å²) in [6.07, 6.45) is 0. The molecule has 100 valence electrons. The van der Waals surface area contributed by atoms with Crippen molar-refractivity contribution in [2.45, 2.75) is 47.0 Å². The Hall–Kier alpha value is -0.860. The quantitative estimate of drug-likeness (QED) is 0.453. The molecule has 0 saturated heterocycles. The van der Waals surface area contributed by atoms with Crippen LogP contribution < -0.4 is 0 Å². The standard InChI is InChI=1S/C17H20S2/c1-9-7-12-13-8-10(2)19-16(13)14(17(4,5)6)11(3)15(12)18-9/h7-8H,1-6H3. The molecule has 3 aromatic rings. The second-order valence-electron chi connectivity index (χ2n) is 6.45. The van der Waals surface area contributed by atoms with Crippen LogP contribution >= 0.6 is 22.7 Å². The lowest BCUT2D eigenvalue weighted by Gasteiger charge is -2.23. The van der Waals surface area contributed by atoms with Crippen LogP contribution in [0.1, 0.15) is 41.7 Å². The number of hydrogen-bond acceptors (Lipinski definition) is 2. The van der Waals surface area contributed by atoms with Crippen molar-refractivity contribution >= 4 is 42.8 Å². The molecule has 1 aromatic carbocycles. The highest BCUT2D eigenvalue weighted by molar-refractivity contribution is 7.21. The van der Waals surface area contributed by atoms with E-state index in [1.807, 2.05) is 22.7 Å². The molecule has 0 aliphatic rings. The van der Waals surface area contributed by atoms with Crippen molar-refractivity contribution in [2.75, 3.05) is 0 Å². The Morgan fingerprint density at radius 3 is 1.79 bits per heavy atom. The first-order valence-electron chi connectivity index (χ1n) is 6.72. The summed E-state index contributed by atoms with van der Waals surface area (Å²) >= 11 is 3.89. The van der Waals surface area contributed by atoms with E-state index >= 15 is 0 Å². The van der Waals surface area contributed by atoms with E-state index in [2.05, 4.69) is 53.7 Å². The van der Waals surface area contributed by atoms with Crippen LogP contribution in [0.25, 0.3) is 20.2 Å². The molecule has 2 heteroatoms. The fourth-order valence-electron chi connectivity index (χ4n) is 3.08. The van der Waals surface area contributed by atoms with E-state index in [-0.39, 0.29) is 5.41 Å². The Kier molecular flexibility index (Phi) is 2.81. The van der Waals surface area contributed by atoms with Crippen LogP contribution in [0.4, 0.5) is 0 Å². The Morgan fingerprint density at radius 2 is 1.26 bits per heavy atom. The topological polar surface area (TPSA) is 0 Å². The molecule has 0 N–H and O–H groups in total. The highest BCUT2D eigenvalue weighted by atomic mass is 32.1. The molecule has 0 amide bonds. The predicted molar refractivity (Wildman–Crippen MR) is 90.1 cm³/mol. The van der Waals surface area contributed by atoms with Gasteiger partial charge in [-0.3, -0.25) is 0 Å². The van der Waals surface area contributed by atoms with Crippen molar-refractivity contribution in [3.8, 4) is 0 Å². The normalized spacial score (nSPS) is 12.7. The number of rotatable bonds is 0. The molecule has 3 rings (SSSR count). The molecule has 2 aromatic heterocycles. The first kappa shape index (κ1) is 13.1. The van der Waals surface area contributed by atoms with Crippen LogP contribution in [-0.2, 0) is 5.41 Å². The van der Waals surface area contributed by atoms with E-state index in [0.29, 0.717) is 0 Å². The summed E-state index contributed by atoms with van der Waals surface area (Å²) in [5, 5.41) is 2.91. The monoisotopic (exact) mass is 288 g/mol. The van der Waals surface area contributed by atoms with Crippen LogP contribution in [0.3, 0.4) is 0 Å². The van der Waals surface area contributed by atoms with E-state index in [1.54, 1.807) is 0 Å². The van der Waals surface area contributed by atoms with E-state index < -0.39 is 0 Å². The lowest BCUT2D eigenvalue weighted by molar-refractivity contribution is 0.594. The van der Waals surface area contributed by atoms with Gasteiger partial charge in [-0.25, -0.2) is 0 Å². The molecule has 0 spiro atoms. The van der Waals surface area contributed by atoms with Gasteiger partial charge in [0.05, 0.1) is 0 Å². The largest absolute Gasteiger partial charge is 0.140 e.